The van der Waals surface area contributed by atoms with Gasteiger partial charge in [0, 0.05) is 18.1 Å². The lowest BCUT2D eigenvalue weighted by molar-refractivity contribution is 0.473. The summed E-state index contributed by atoms with van der Waals surface area (Å²) in [5.41, 5.74) is 2.03. The van der Waals surface area contributed by atoms with E-state index < -0.39 is 0 Å². The molecule has 0 bridgehead atoms. The average molecular weight is 335 g/mol. The quantitative estimate of drug-likeness (QED) is 0.629. The molecule has 0 unspecified atom stereocenters. The van der Waals surface area contributed by atoms with E-state index in [4.69, 9.17) is 16.0 Å². The van der Waals surface area contributed by atoms with Crippen molar-refractivity contribution in [2.45, 2.75) is 33.7 Å². The lowest BCUT2D eigenvalue weighted by Crippen LogP contribution is -2.38. The largest absolute Gasteiger partial charge is 0.444 e. The maximum Gasteiger partial charge on any atom is 0.216 e. The van der Waals surface area contributed by atoms with Crippen LogP contribution in [0.15, 0.2) is 33.7 Å². The van der Waals surface area contributed by atoms with Crippen molar-refractivity contribution in [1.82, 2.24) is 15.6 Å². The van der Waals surface area contributed by atoms with Crippen LogP contribution in [0.25, 0.3) is 0 Å². The Hall–Kier alpha value is -2.01. The van der Waals surface area contributed by atoms with Gasteiger partial charge in [-0.25, -0.2) is 9.98 Å². The molecule has 2 N–H and O–H groups in total. The topological polar surface area (TPSA) is 62.5 Å². The molecule has 0 aliphatic carbocycles. The predicted octanol–water partition coefficient (Wildman–Crippen LogP) is 3.24. The first-order valence-electron chi connectivity index (χ1n) is 7.78. The Labute approximate surface area is 142 Å². The number of aromatic nitrogens is 1. The van der Waals surface area contributed by atoms with E-state index in [1.165, 1.54) is 0 Å². The zero-order valence-electron chi connectivity index (χ0n) is 13.8. The van der Waals surface area contributed by atoms with E-state index in [0.717, 1.165) is 47.5 Å². The second kappa shape index (κ2) is 8.58. The minimum absolute atomic E-state index is 0.413. The fourth-order valence-corrected chi connectivity index (χ4v) is 2.34. The molecule has 2 aromatic rings. The molecule has 0 amide bonds. The highest BCUT2D eigenvalue weighted by molar-refractivity contribution is 6.31. The first-order valence-corrected chi connectivity index (χ1v) is 8.16. The molecule has 0 spiro atoms. The van der Waals surface area contributed by atoms with Crippen LogP contribution in [0.3, 0.4) is 0 Å². The molecule has 0 saturated heterocycles. The van der Waals surface area contributed by atoms with Gasteiger partial charge in [0.05, 0.1) is 5.69 Å². The van der Waals surface area contributed by atoms with Crippen molar-refractivity contribution >= 4 is 17.6 Å². The van der Waals surface area contributed by atoms with Gasteiger partial charge in [0.1, 0.15) is 12.3 Å². The molecule has 2 rings (SSSR count). The van der Waals surface area contributed by atoms with Crippen LogP contribution < -0.4 is 10.6 Å². The summed E-state index contributed by atoms with van der Waals surface area (Å²) in [7, 11) is 0. The predicted molar refractivity (Wildman–Crippen MR) is 94.0 cm³/mol. The van der Waals surface area contributed by atoms with Crippen molar-refractivity contribution in [1.29, 1.82) is 0 Å². The van der Waals surface area contributed by atoms with E-state index in [0.29, 0.717) is 12.4 Å². The number of rotatable bonds is 6. The van der Waals surface area contributed by atoms with E-state index in [2.05, 4.69) is 20.6 Å². The van der Waals surface area contributed by atoms with E-state index >= 15 is 0 Å². The average Bonchev–Trinajstić information content (AvgIpc) is 2.85. The summed E-state index contributed by atoms with van der Waals surface area (Å²) >= 11 is 6.16. The number of nitrogens with zero attached hydrogens (tertiary/aromatic N) is 2. The molecule has 5 nitrogen and oxygen atoms in total. The second-order valence-corrected chi connectivity index (χ2v) is 5.62. The third-order valence-corrected chi connectivity index (χ3v) is 3.80. The van der Waals surface area contributed by atoms with Crippen LogP contribution >= 0.6 is 11.6 Å². The normalized spacial score (nSPS) is 11.6. The molecule has 1 aromatic carbocycles. The van der Waals surface area contributed by atoms with Gasteiger partial charge in [-0.15, -0.1) is 0 Å². The molecule has 0 saturated carbocycles. The van der Waals surface area contributed by atoms with Gasteiger partial charge < -0.3 is 15.1 Å². The van der Waals surface area contributed by atoms with E-state index in [9.17, 15) is 0 Å². The van der Waals surface area contributed by atoms with E-state index in [1.54, 1.807) is 0 Å². The molecular weight excluding hydrogens is 312 g/mol. The molecule has 0 atom stereocenters. The molecular formula is C17H23ClN4O. The molecule has 0 radical (unpaired) electrons. The summed E-state index contributed by atoms with van der Waals surface area (Å²) < 4.78 is 5.54. The number of nitrogens with one attached hydrogen (secondary N) is 2. The van der Waals surface area contributed by atoms with Crippen LogP contribution in [-0.4, -0.2) is 24.0 Å². The number of oxazole rings is 1. The molecule has 6 heteroatoms. The van der Waals surface area contributed by atoms with Gasteiger partial charge in [-0.3, -0.25) is 0 Å². The van der Waals surface area contributed by atoms with Crippen molar-refractivity contribution in [3.05, 3.63) is 52.2 Å². The molecule has 1 heterocycles. The van der Waals surface area contributed by atoms with Crippen LogP contribution in [0.5, 0.6) is 0 Å². The van der Waals surface area contributed by atoms with Crippen LogP contribution in [0.4, 0.5) is 0 Å². The van der Waals surface area contributed by atoms with Crippen molar-refractivity contribution in [3.63, 3.8) is 0 Å². The zero-order chi connectivity index (χ0) is 16.7. The number of hydrogen-bond acceptors (Lipinski definition) is 3. The number of aliphatic imine (C=N–C) groups is 1. The fraction of sp³-hybridized carbons (Fsp3) is 0.412. The van der Waals surface area contributed by atoms with Crippen molar-refractivity contribution in [2.75, 3.05) is 13.1 Å². The maximum absolute atomic E-state index is 6.16. The third kappa shape index (κ3) is 5.28. The van der Waals surface area contributed by atoms with Gasteiger partial charge in [-0.2, -0.15) is 0 Å². The molecule has 124 valence electrons. The Morgan fingerprint density at radius 1 is 1.26 bits per heavy atom. The van der Waals surface area contributed by atoms with Crippen molar-refractivity contribution in [2.24, 2.45) is 4.99 Å². The summed E-state index contributed by atoms with van der Waals surface area (Å²) in [6.45, 7) is 7.82. The first kappa shape index (κ1) is 17.3. The first-order chi connectivity index (χ1) is 11.1. The highest BCUT2D eigenvalue weighted by Crippen LogP contribution is 2.14. The van der Waals surface area contributed by atoms with Gasteiger partial charge in [-0.05, 0) is 38.8 Å². The summed E-state index contributed by atoms with van der Waals surface area (Å²) in [6.07, 6.45) is 0.835. The highest BCUT2D eigenvalue weighted by atomic mass is 35.5. The SMILES string of the molecule is CCNC(=NCc1nc(C)c(C)o1)NCCc1ccccc1Cl. The summed E-state index contributed by atoms with van der Waals surface area (Å²) in [5.74, 6) is 2.21. The van der Waals surface area contributed by atoms with Crippen molar-refractivity contribution < 1.29 is 4.42 Å². The summed E-state index contributed by atoms with van der Waals surface area (Å²) in [4.78, 5) is 8.83. The van der Waals surface area contributed by atoms with E-state index in [1.807, 2.05) is 45.0 Å². The van der Waals surface area contributed by atoms with Crippen LogP contribution in [0.1, 0.15) is 29.8 Å². The van der Waals surface area contributed by atoms with Crippen LogP contribution in [0.2, 0.25) is 5.02 Å². The number of benzene rings is 1. The molecule has 0 fully saturated rings. The fourth-order valence-electron chi connectivity index (χ4n) is 2.11. The Morgan fingerprint density at radius 3 is 2.70 bits per heavy atom. The minimum atomic E-state index is 0.413. The maximum atomic E-state index is 6.16. The van der Waals surface area contributed by atoms with Crippen LogP contribution in [-0.2, 0) is 13.0 Å². The van der Waals surface area contributed by atoms with Gasteiger partial charge >= 0.3 is 0 Å². The lowest BCUT2D eigenvalue weighted by atomic mass is 10.1. The third-order valence-electron chi connectivity index (χ3n) is 3.43. The van der Waals surface area contributed by atoms with Gasteiger partial charge in [-0.1, -0.05) is 29.8 Å². The number of guanidine groups is 1. The number of halogens is 1. The Morgan fingerprint density at radius 2 is 2.04 bits per heavy atom. The molecule has 0 aliphatic heterocycles. The summed E-state index contributed by atoms with van der Waals surface area (Å²) in [6, 6.07) is 7.87. The van der Waals surface area contributed by atoms with Gasteiger partial charge in [0.25, 0.3) is 0 Å². The van der Waals surface area contributed by atoms with Gasteiger partial charge in [0.15, 0.2) is 5.96 Å². The smallest absolute Gasteiger partial charge is 0.216 e. The Balaban J connectivity index is 1.90. The van der Waals surface area contributed by atoms with E-state index in [-0.39, 0.29) is 0 Å². The zero-order valence-corrected chi connectivity index (χ0v) is 14.6. The van der Waals surface area contributed by atoms with Crippen molar-refractivity contribution in [3.8, 4) is 0 Å². The monoisotopic (exact) mass is 334 g/mol. The highest BCUT2D eigenvalue weighted by Gasteiger charge is 2.05. The summed E-state index contributed by atoms with van der Waals surface area (Å²) in [5, 5.41) is 7.30. The lowest BCUT2D eigenvalue weighted by Gasteiger charge is -2.11. The van der Waals surface area contributed by atoms with Gasteiger partial charge in [0.2, 0.25) is 5.89 Å². The number of aryl methyl sites for hydroxylation is 2. The molecule has 0 aliphatic rings. The van der Waals surface area contributed by atoms with Crippen LogP contribution in [0, 0.1) is 13.8 Å². The second-order valence-electron chi connectivity index (χ2n) is 5.21. The Kier molecular flexibility index (Phi) is 6.47. The standard InChI is InChI=1S/C17H23ClN4O/c1-4-19-17(21-11-16-22-12(2)13(3)23-16)20-10-9-14-7-5-6-8-15(14)18/h5-8H,4,9-11H2,1-3H3,(H2,19,20,21). The molecule has 23 heavy (non-hydrogen) atoms. The number of hydrogen-bond donors (Lipinski definition) is 2. The Bertz CT molecular complexity index is 647. The molecule has 1 aromatic heterocycles. The minimum Gasteiger partial charge on any atom is -0.444 e.